The molecule has 2 atom stereocenters. The van der Waals surface area contributed by atoms with Gasteiger partial charge in [-0.2, -0.15) is 0 Å². The van der Waals surface area contributed by atoms with Gasteiger partial charge >= 0.3 is 0 Å². The van der Waals surface area contributed by atoms with Gasteiger partial charge < -0.3 is 15.0 Å². The molecule has 3 aromatic rings. The molecule has 8 heteroatoms. The number of methoxy groups -OCH3 is 1. The molecule has 4 rings (SSSR count). The predicted octanol–water partition coefficient (Wildman–Crippen LogP) is 3.88. The molecule has 0 spiro atoms. The highest BCUT2D eigenvalue weighted by atomic mass is 32.1. The molecule has 1 saturated heterocycles. The lowest BCUT2D eigenvalue weighted by Crippen LogP contribution is -2.28. The van der Waals surface area contributed by atoms with E-state index in [1.54, 1.807) is 24.1 Å². The topological polar surface area (TPSA) is 84.4 Å². The molecule has 0 radical (unpaired) electrons. The molecule has 0 aliphatic carbocycles. The fourth-order valence-corrected chi connectivity index (χ4v) is 4.52. The lowest BCUT2D eigenvalue weighted by molar-refractivity contribution is -0.122. The highest BCUT2D eigenvalue weighted by Crippen LogP contribution is 2.29. The third kappa shape index (κ3) is 4.91. The van der Waals surface area contributed by atoms with Crippen LogP contribution in [-0.4, -0.2) is 35.7 Å². The first-order valence-electron chi connectivity index (χ1n) is 10.2. The minimum atomic E-state index is -0.426. The van der Waals surface area contributed by atoms with E-state index in [2.05, 4.69) is 34.6 Å². The van der Waals surface area contributed by atoms with Crippen molar-refractivity contribution >= 4 is 34.0 Å². The molecule has 1 fully saturated rings. The molecular weight excluding hydrogens is 412 g/mol. The van der Waals surface area contributed by atoms with Crippen molar-refractivity contribution in [2.45, 2.75) is 25.7 Å². The van der Waals surface area contributed by atoms with E-state index in [-0.39, 0.29) is 18.2 Å². The van der Waals surface area contributed by atoms with Crippen LogP contribution in [0.1, 0.15) is 29.8 Å². The van der Waals surface area contributed by atoms with Gasteiger partial charge in [0.2, 0.25) is 16.9 Å². The van der Waals surface area contributed by atoms with Crippen LogP contribution in [0.4, 0.5) is 10.8 Å². The van der Waals surface area contributed by atoms with E-state index in [0.29, 0.717) is 17.6 Å². The van der Waals surface area contributed by atoms with E-state index in [1.807, 2.05) is 30.3 Å². The van der Waals surface area contributed by atoms with Gasteiger partial charge in [0.25, 0.3) is 0 Å². The summed E-state index contributed by atoms with van der Waals surface area (Å²) in [5.74, 6) is 0.329. The van der Waals surface area contributed by atoms with Crippen LogP contribution >= 0.6 is 11.3 Å². The van der Waals surface area contributed by atoms with Gasteiger partial charge in [0.15, 0.2) is 0 Å². The Bertz CT molecular complexity index is 1050. The van der Waals surface area contributed by atoms with E-state index in [1.165, 1.54) is 16.9 Å². The van der Waals surface area contributed by atoms with E-state index >= 15 is 0 Å². The highest BCUT2D eigenvalue weighted by Gasteiger charge is 2.35. The Balaban J connectivity index is 1.35. The van der Waals surface area contributed by atoms with Crippen molar-refractivity contribution in [3.8, 4) is 5.75 Å². The summed E-state index contributed by atoms with van der Waals surface area (Å²) < 4.78 is 5.16. The van der Waals surface area contributed by atoms with Crippen molar-refractivity contribution in [1.29, 1.82) is 0 Å². The number of rotatable bonds is 7. The monoisotopic (exact) mass is 436 g/mol. The Morgan fingerprint density at radius 3 is 2.65 bits per heavy atom. The van der Waals surface area contributed by atoms with Crippen LogP contribution in [0.2, 0.25) is 0 Å². The van der Waals surface area contributed by atoms with Gasteiger partial charge in [0.05, 0.1) is 13.0 Å². The number of ether oxygens (including phenoxy) is 1. The fraction of sp³-hybridized carbons (Fsp3) is 0.304. The van der Waals surface area contributed by atoms with E-state index in [9.17, 15) is 9.59 Å². The zero-order valence-corrected chi connectivity index (χ0v) is 18.3. The normalized spacial score (nSPS) is 16.9. The van der Waals surface area contributed by atoms with Gasteiger partial charge in [-0.05, 0) is 35.7 Å². The van der Waals surface area contributed by atoms with Gasteiger partial charge in [-0.3, -0.25) is 9.59 Å². The first-order valence-corrected chi connectivity index (χ1v) is 11.0. The van der Waals surface area contributed by atoms with E-state index < -0.39 is 5.92 Å². The second-order valence-electron chi connectivity index (χ2n) is 7.61. The number of carbonyl (C=O) groups is 2. The molecule has 2 aromatic carbocycles. The predicted molar refractivity (Wildman–Crippen MR) is 121 cm³/mol. The molecule has 2 amide bonds. The maximum Gasteiger partial charge on any atom is 0.231 e. The minimum Gasteiger partial charge on any atom is -0.497 e. The smallest absolute Gasteiger partial charge is 0.231 e. The SMILES string of the molecule is COc1ccc(N2CC(C(=O)Nc3nnc(CC(C)c4ccccc4)s3)CC2=O)cc1. The zero-order valence-electron chi connectivity index (χ0n) is 17.4. The van der Waals surface area contributed by atoms with Crippen LogP contribution in [0, 0.1) is 5.92 Å². The van der Waals surface area contributed by atoms with Gasteiger partial charge in [-0.25, -0.2) is 0 Å². The molecule has 0 bridgehead atoms. The second kappa shape index (κ2) is 9.26. The standard InChI is InChI=1S/C23H24N4O3S/c1-15(16-6-4-3-5-7-16)12-20-25-26-23(31-20)24-22(29)17-13-21(28)27(14-17)18-8-10-19(30-2)11-9-18/h3-11,15,17H,12-14H2,1-2H3,(H,24,26,29). The molecule has 7 nitrogen and oxygen atoms in total. The lowest BCUT2D eigenvalue weighted by Gasteiger charge is -2.16. The average Bonchev–Trinajstić information content (AvgIpc) is 3.40. The third-order valence-corrected chi connectivity index (χ3v) is 6.29. The summed E-state index contributed by atoms with van der Waals surface area (Å²) in [5.41, 5.74) is 2.00. The summed E-state index contributed by atoms with van der Waals surface area (Å²) in [5, 5.41) is 12.5. The number of hydrogen-bond donors (Lipinski definition) is 1. The molecular formula is C23H24N4O3S. The summed E-state index contributed by atoms with van der Waals surface area (Å²) >= 11 is 1.38. The van der Waals surface area contributed by atoms with Crippen LogP contribution in [0.15, 0.2) is 54.6 Å². The summed E-state index contributed by atoms with van der Waals surface area (Å²) in [6.07, 6.45) is 0.930. The molecule has 1 aliphatic heterocycles. The minimum absolute atomic E-state index is 0.0695. The number of benzene rings is 2. The molecule has 1 aliphatic rings. The molecule has 2 heterocycles. The van der Waals surface area contributed by atoms with Crippen LogP contribution in [0.25, 0.3) is 0 Å². The molecule has 0 saturated carbocycles. The summed E-state index contributed by atoms with van der Waals surface area (Å²) in [6, 6.07) is 17.5. The van der Waals surface area contributed by atoms with Crippen molar-refractivity contribution in [3.05, 3.63) is 65.2 Å². The van der Waals surface area contributed by atoms with Crippen molar-refractivity contribution in [2.24, 2.45) is 5.92 Å². The van der Waals surface area contributed by atoms with Crippen LogP contribution < -0.4 is 15.0 Å². The number of hydrogen-bond acceptors (Lipinski definition) is 6. The number of carbonyl (C=O) groups excluding carboxylic acids is 2. The Kier molecular flexibility index (Phi) is 6.27. The maximum atomic E-state index is 12.7. The maximum absolute atomic E-state index is 12.7. The Hall–Kier alpha value is -3.26. The van der Waals surface area contributed by atoms with Crippen LogP contribution in [-0.2, 0) is 16.0 Å². The number of anilines is 2. The van der Waals surface area contributed by atoms with Gasteiger partial charge in [0, 0.05) is 25.1 Å². The summed E-state index contributed by atoms with van der Waals surface area (Å²) in [7, 11) is 1.59. The Morgan fingerprint density at radius 1 is 1.19 bits per heavy atom. The number of aromatic nitrogens is 2. The van der Waals surface area contributed by atoms with Crippen molar-refractivity contribution in [2.75, 3.05) is 23.9 Å². The third-order valence-electron chi connectivity index (χ3n) is 5.43. The van der Waals surface area contributed by atoms with E-state index in [0.717, 1.165) is 22.9 Å². The van der Waals surface area contributed by atoms with Crippen LogP contribution in [0.5, 0.6) is 5.75 Å². The number of amides is 2. The summed E-state index contributed by atoms with van der Waals surface area (Å²) in [4.78, 5) is 26.8. The van der Waals surface area contributed by atoms with E-state index in [4.69, 9.17) is 4.74 Å². The average molecular weight is 437 g/mol. The van der Waals surface area contributed by atoms with Gasteiger partial charge in [-0.1, -0.05) is 48.6 Å². The zero-order chi connectivity index (χ0) is 21.8. The Morgan fingerprint density at radius 2 is 1.94 bits per heavy atom. The van der Waals surface area contributed by atoms with Crippen molar-refractivity contribution in [3.63, 3.8) is 0 Å². The van der Waals surface area contributed by atoms with Gasteiger partial charge in [0.1, 0.15) is 10.8 Å². The fourth-order valence-electron chi connectivity index (χ4n) is 3.65. The molecule has 160 valence electrons. The first kappa shape index (κ1) is 21.0. The lowest BCUT2D eigenvalue weighted by atomic mass is 9.98. The van der Waals surface area contributed by atoms with Gasteiger partial charge in [-0.15, -0.1) is 10.2 Å². The molecule has 1 aromatic heterocycles. The first-order chi connectivity index (χ1) is 15.0. The van der Waals surface area contributed by atoms with Crippen LogP contribution in [0.3, 0.4) is 0 Å². The quantitative estimate of drug-likeness (QED) is 0.608. The Labute approximate surface area is 185 Å². The van der Waals surface area contributed by atoms with Crippen molar-refractivity contribution < 1.29 is 14.3 Å². The molecule has 31 heavy (non-hydrogen) atoms. The number of nitrogens with one attached hydrogen (secondary N) is 1. The largest absolute Gasteiger partial charge is 0.497 e. The number of nitrogens with zero attached hydrogens (tertiary/aromatic N) is 3. The molecule has 1 N–H and O–H groups in total. The molecule has 2 unspecified atom stereocenters. The second-order valence-corrected chi connectivity index (χ2v) is 8.67. The highest BCUT2D eigenvalue weighted by molar-refractivity contribution is 7.15. The summed E-state index contributed by atoms with van der Waals surface area (Å²) in [6.45, 7) is 2.49. The van der Waals surface area contributed by atoms with Crippen molar-refractivity contribution in [1.82, 2.24) is 10.2 Å².